The van der Waals surface area contributed by atoms with Gasteiger partial charge in [0.25, 0.3) is 11.8 Å². The Labute approximate surface area is 189 Å². The molecule has 1 saturated heterocycles. The van der Waals surface area contributed by atoms with Crippen LogP contribution in [-0.4, -0.2) is 47.5 Å². The van der Waals surface area contributed by atoms with Gasteiger partial charge < -0.3 is 14.4 Å². The maximum Gasteiger partial charge on any atom is 0.265 e. The Bertz CT molecular complexity index is 1130. The second kappa shape index (κ2) is 9.60. The van der Waals surface area contributed by atoms with E-state index < -0.39 is 23.3 Å². The predicted octanol–water partition coefficient (Wildman–Crippen LogP) is 3.32. The van der Waals surface area contributed by atoms with Crippen molar-refractivity contribution in [3.8, 4) is 17.2 Å². The van der Waals surface area contributed by atoms with Crippen LogP contribution in [0.2, 0.25) is 0 Å². The molecule has 3 rings (SSSR count). The van der Waals surface area contributed by atoms with Crippen molar-refractivity contribution in [3.63, 3.8) is 0 Å². The lowest BCUT2D eigenvalue weighted by Gasteiger charge is -2.27. The first-order chi connectivity index (χ1) is 15.7. The maximum absolute atomic E-state index is 13.0. The number of carbonyl (C=O) groups is 3. The smallest absolute Gasteiger partial charge is 0.265 e. The second-order valence-electron chi connectivity index (χ2n) is 7.72. The van der Waals surface area contributed by atoms with Gasteiger partial charge in [-0.1, -0.05) is 12.1 Å². The molecule has 2 N–H and O–H groups in total. The summed E-state index contributed by atoms with van der Waals surface area (Å²) in [6.07, 6.45) is 0.521. The van der Waals surface area contributed by atoms with E-state index in [1.807, 2.05) is 6.92 Å². The van der Waals surface area contributed by atoms with Crippen LogP contribution in [0, 0.1) is 0 Å². The van der Waals surface area contributed by atoms with Crippen LogP contribution in [-0.2, 0) is 15.0 Å². The number of hydrogen-bond acceptors (Lipinski definition) is 6. The number of carbonyl (C=O) groups excluding carboxylic acids is 3. The van der Waals surface area contributed by atoms with Crippen LogP contribution in [0.15, 0.2) is 47.6 Å². The lowest BCUT2D eigenvalue weighted by molar-refractivity contribution is -0.143. The first kappa shape index (κ1) is 23.6. The van der Waals surface area contributed by atoms with E-state index in [1.54, 1.807) is 42.7 Å². The molecule has 11 nitrogen and oxygen atoms in total. The monoisotopic (exact) mass is 453 g/mol. The van der Waals surface area contributed by atoms with E-state index in [1.165, 1.54) is 24.1 Å². The summed E-state index contributed by atoms with van der Waals surface area (Å²) in [5.74, 6) is -0.508. The van der Waals surface area contributed by atoms with Crippen molar-refractivity contribution in [2.45, 2.75) is 31.7 Å². The number of nitrogens with one attached hydrogen (secondary N) is 1. The number of benzene rings is 2. The first-order valence-electron chi connectivity index (χ1n) is 10.1. The number of hydroxylamine groups is 1. The molecule has 0 bridgehead atoms. The lowest BCUT2D eigenvalue weighted by Crippen LogP contribution is -2.47. The van der Waals surface area contributed by atoms with Crippen molar-refractivity contribution >= 4 is 17.7 Å². The number of nitrogens with zero attached hydrogens (tertiary/aromatic N) is 4. The molecule has 11 heteroatoms. The molecule has 2 aromatic carbocycles. The van der Waals surface area contributed by atoms with Crippen molar-refractivity contribution in [2.24, 2.45) is 5.11 Å². The van der Waals surface area contributed by atoms with Gasteiger partial charge in [-0.05, 0) is 60.7 Å². The Hall–Kier alpha value is -4.08. The molecular weight excluding hydrogens is 430 g/mol. The van der Waals surface area contributed by atoms with Crippen molar-refractivity contribution in [1.82, 2.24) is 10.4 Å². The molecule has 1 heterocycles. The molecule has 0 unspecified atom stereocenters. The highest BCUT2D eigenvalue weighted by Gasteiger charge is 2.46. The molecule has 0 saturated carbocycles. The minimum atomic E-state index is -0.811. The fourth-order valence-electron chi connectivity index (χ4n) is 3.77. The molecule has 1 aliphatic heterocycles. The van der Waals surface area contributed by atoms with Gasteiger partial charge in [-0.2, -0.15) is 0 Å². The number of azide groups is 1. The molecule has 0 radical (unpaired) electrons. The summed E-state index contributed by atoms with van der Waals surface area (Å²) in [5.41, 5.74) is 10.1. The third kappa shape index (κ3) is 4.59. The lowest BCUT2D eigenvalue weighted by atomic mass is 9.81. The number of hydrogen-bond donors (Lipinski definition) is 2. The molecule has 3 amide bonds. The highest BCUT2D eigenvalue weighted by atomic mass is 16.5. The van der Waals surface area contributed by atoms with Crippen molar-refractivity contribution in [2.75, 3.05) is 13.7 Å². The normalized spacial score (nSPS) is 18.3. The highest BCUT2D eigenvalue weighted by molar-refractivity contribution is 5.97. The van der Waals surface area contributed by atoms with Gasteiger partial charge in [0.1, 0.15) is 23.3 Å². The summed E-state index contributed by atoms with van der Waals surface area (Å²) < 4.78 is 11.0. The minimum absolute atomic E-state index is 0.110. The Balaban J connectivity index is 1.77. The zero-order chi connectivity index (χ0) is 24.2. The summed E-state index contributed by atoms with van der Waals surface area (Å²) in [6.45, 7) is 3.77. The number of amides is 3. The standard InChI is InChI=1S/C22H23N5O6/c1-13(19(28)25-31)27-11-10-22(2,21(27)30)14-4-6-15(7-5-14)33-16-8-9-17(18(12-16)32-3)20(29)24-26-23/h4-9,12-13,31H,10-11H2,1-3H3,(H,25,28)/t13-,22+/m1/s1. The van der Waals surface area contributed by atoms with Crippen LogP contribution in [0.1, 0.15) is 36.2 Å². The quantitative estimate of drug-likeness (QED) is 0.215. The molecule has 0 aromatic heterocycles. The van der Waals surface area contributed by atoms with Gasteiger partial charge in [0.15, 0.2) is 0 Å². The van der Waals surface area contributed by atoms with E-state index in [9.17, 15) is 14.4 Å². The Morgan fingerprint density at radius 2 is 1.91 bits per heavy atom. The summed E-state index contributed by atoms with van der Waals surface area (Å²) in [6, 6.07) is 10.7. The fourth-order valence-corrected chi connectivity index (χ4v) is 3.77. The fraction of sp³-hybridized carbons (Fsp3) is 0.318. The van der Waals surface area contributed by atoms with E-state index >= 15 is 0 Å². The van der Waals surface area contributed by atoms with Crippen molar-refractivity contribution < 1.29 is 29.1 Å². The van der Waals surface area contributed by atoms with Crippen LogP contribution in [0.25, 0.3) is 10.4 Å². The van der Waals surface area contributed by atoms with E-state index in [-0.39, 0.29) is 17.2 Å². The number of ether oxygens (including phenoxy) is 2. The van der Waals surface area contributed by atoms with Gasteiger partial charge in [-0.25, -0.2) is 5.48 Å². The molecule has 1 fully saturated rings. The SMILES string of the molecule is COc1cc(Oc2ccc([C@]3(C)CCN([C@H](C)C(=O)NO)C3=O)cc2)ccc1C(=O)N=[N+]=[N-]. The van der Waals surface area contributed by atoms with Gasteiger partial charge in [0.2, 0.25) is 5.91 Å². The van der Waals surface area contributed by atoms with Gasteiger partial charge in [0, 0.05) is 17.5 Å². The summed E-state index contributed by atoms with van der Waals surface area (Å²) >= 11 is 0. The summed E-state index contributed by atoms with van der Waals surface area (Å²) in [4.78, 5) is 40.5. The molecule has 0 aliphatic carbocycles. The topological polar surface area (TPSA) is 154 Å². The summed E-state index contributed by atoms with van der Waals surface area (Å²) in [7, 11) is 1.38. The van der Waals surface area contributed by atoms with Crippen LogP contribution >= 0.6 is 0 Å². The first-order valence-corrected chi connectivity index (χ1v) is 10.1. The minimum Gasteiger partial charge on any atom is -0.496 e. The number of rotatable bonds is 7. The third-order valence-corrected chi connectivity index (χ3v) is 5.81. The highest BCUT2D eigenvalue weighted by Crippen LogP contribution is 2.38. The largest absolute Gasteiger partial charge is 0.496 e. The van der Waals surface area contributed by atoms with Gasteiger partial charge >= 0.3 is 0 Å². The molecule has 2 aromatic rings. The second-order valence-corrected chi connectivity index (χ2v) is 7.72. The maximum atomic E-state index is 13.0. The summed E-state index contributed by atoms with van der Waals surface area (Å²) in [5, 5.41) is 11.9. The van der Waals surface area contributed by atoms with Crippen molar-refractivity contribution in [1.29, 1.82) is 0 Å². The number of likely N-dealkylation sites (tertiary alicyclic amines) is 1. The third-order valence-electron chi connectivity index (χ3n) is 5.81. The van der Waals surface area contributed by atoms with Crippen LogP contribution in [0.5, 0.6) is 17.2 Å². The van der Waals surface area contributed by atoms with Crippen LogP contribution in [0.4, 0.5) is 0 Å². The Morgan fingerprint density at radius 3 is 2.52 bits per heavy atom. The zero-order valence-corrected chi connectivity index (χ0v) is 18.3. The van der Waals surface area contributed by atoms with E-state index in [2.05, 4.69) is 10.0 Å². The van der Waals surface area contributed by atoms with E-state index in [0.717, 1.165) is 5.56 Å². The van der Waals surface area contributed by atoms with Gasteiger partial charge in [-0.15, -0.1) is 0 Å². The van der Waals surface area contributed by atoms with E-state index in [0.29, 0.717) is 24.5 Å². The van der Waals surface area contributed by atoms with Gasteiger partial charge in [-0.3, -0.25) is 19.6 Å². The van der Waals surface area contributed by atoms with Crippen molar-refractivity contribution in [3.05, 3.63) is 64.0 Å². The number of methoxy groups -OCH3 is 1. The predicted molar refractivity (Wildman–Crippen MR) is 116 cm³/mol. The Morgan fingerprint density at radius 1 is 1.24 bits per heavy atom. The molecule has 172 valence electrons. The zero-order valence-electron chi connectivity index (χ0n) is 18.3. The average molecular weight is 453 g/mol. The molecule has 2 atom stereocenters. The molecule has 1 aliphatic rings. The molecule has 33 heavy (non-hydrogen) atoms. The van der Waals surface area contributed by atoms with Gasteiger partial charge in [0.05, 0.1) is 18.1 Å². The molecular formula is C22H23N5O6. The Kier molecular flexibility index (Phi) is 6.86. The average Bonchev–Trinajstić information content (AvgIpc) is 3.13. The van der Waals surface area contributed by atoms with E-state index in [4.69, 9.17) is 20.2 Å². The van der Waals surface area contributed by atoms with Crippen LogP contribution in [0.3, 0.4) is 0 Å². The molecule has 0 spiro atoms. The van der Waals surface area contributed by atoms with Crippen LogP contribution < -0.4 is 15.0 Å².